The van der Waals surface area contributed by atoms with Crippen molar-refractivity contribution in [2.24, 2.45) is 17.3 Å². The summed E-state index contributed by atoms with van der Waals surface area (Å²) in [7, 11) is 0. The summed E-state index contributed by atoms with van der Waals surface area (Å²) in [6.07, 6.45) is 2.51. The molecule has 3 N–H and O–H groups in total. The van der Waals surface area contributed by atoms with Crippen LogP contribution < -0.4 is 16.1 Å². The second kappa shape index (κ2) is 13.8. The van der Waals surface area contributed by atoms with Gasteiger partial charge in [0, 0.05) is 38.1 Å². The first-order valence-corrected chi connectivity index (χ1v) is 15.0. The van der Waals surface area contributed by atoms with Crippen LogP contribution in [0.5, 0.6) is 0 Å². The average molecular weight is 575 g/mol. The van der Waals surface area contributed by atoms with Crippen molar-refractivity contribution >= 4 is 12.0 Å². The molecule has 1 aliphatic carbocycles. The minimum absolute atomic E-state index is 0.0593. The third-order valence-electron chi connectivity index (χ3n) is 8.36. The first kappa shape index (κ1) is 30.2. The van der Waals surface area contributed by atoms with E-state index >= 15 is 0 Å². The molecule has 3 heterocycles. The second-order valence-corrected chi connectivity index (χ2v) is 12.7. The molecule has 3 saturated heterocycles. The van der Waals surface area contributed by atoms with E-state index in [0.29, 0.717) is 51.8 Å². The largest absolute Gasteiger partial charge is 0.443 e. The quantitative estimate of drug-likeness (QED) is 0.186. The number of fused-ring (bicyclic) bond motifs is 2. The fourth-order valence-corrected chi connectivity index (χ4v) is 6.23. The minimum Gasteiger partial charge on any atom is -0.443 e. The third kappa shape index (κ3) is 8.18. The number of carbonyl (C=O) groups excluding carboxylic acids is 2. The fourth-order valence-electron chi connectivity index (χ4n) is 6.23. The van der Waals surface area contributed by atoms with E-state index < -0.39 is 12.1 Å². The molecule has 5 rings (SSSR count). The molecule has 3 bridgehead atoms. The van der Waals surface area contributed by atoms with E-state index in [1.807, 2.05) is 56.1 Å². The van der Waals surface area contributed by atoms with Crippen molar-refractivity contribution in [1.29, 1.82) is 0 Å². The minimum atomic E-state index is -0.469. The molecule has 4 aliphatic rings. The molecule has 0 aromatic heterocycles. The van der Waals surface area contributed by atoms with Crippen LogP contribution in [0, 0.1) is 17.3 Å². The summed E-state index contributed by atoms with van der Waals surface area (Å²) in [6, 6.07) is 9.53. The van der Waals surface area contributed by atoms with Gasteiger partial charge in [0.2, 0.25) is 0 Å². The molecule has 11 heteroatoms. The highest BCUT2D eigenvalue weighted by Gasteiger charge is 2.53. The van der Waals surface area contributed by atoms with Crippen molar-refractivity contribution in [2.75, 3.05) is 39.6 Å². The Labute approximate surface area is 242 Å². The van der Waals surface area contributed by atoms with Crippen LogP contribution in [0.4, 0.5) is 4.79 Å². The number of amides is 2. The van der Waals surface area contributed by atoms with E-state index in [0.717, 1.165) is 24.8 Å². The Morgan fingerprint density at radius 1 is 1.12 bits per heavy atom. The van der Waals surface area contributed by atoms with E-state index in [4.69, 9.17) is 23.7 Å². The van der Waals surface area contributed by atoms with Crippen LogP contribution in [-0.4, -0.2) is 87.3 Å². The van der Waals surface area contributed by atoms with Gasteiger partial charge in [-0.2, -0.15) is 0 Å². The molecule has 2 amide bonds. The lowest BCUT2D eigenvalue weighted by atomic mass is 9.78. The lowest BCUT2D eigenvalue weighted by Crippen LogP contribution is -2.56. The van der Waals surface area contributed by atoms with E-state index in [9.17, 15) is 9.59 Å². The van der Waals surface area contributed by atoms with Crippen LogP contribution >= 0.6 is 0 Å². The Balaban J connectivity index is 1.10. The molecule has 41 heavy (non-hydrogen) atoms. The number of hydrazine groups is 1. The van der Waals surface area contributed by atoms with Crippen molar-refractivity contribution in [3.8, 4) is 0 Å². The number of nitrogens with one attached hydrogen (secondary N) is 3. The van der Waals surface area contributed by atoms with Gasteiger partial charge in [0.15, 0.2) is 6.29 Å². The molecular weight excluding hydrogens is 528 g/mol. The molecule has 11 nitrogen and oxygen atoms in total. The lowest BCUT2D eigenvalue weighted by molar-refractivity contribution is -0.153. The molecule has 3 aliphatic heterocycles. The van der Waals surface area contributed by atoms with Gasteiger partial charge in [-0.3, -0.25) is 15.5 Å². The Bertz CT molecular complexity index is 992. The number of ether oxygens (including phenoxy) is 5. The Kier molecular flexibility index (Phi) is 10.2. The zero-order chi connectivity index (χ0) is 28.8. The number of nitrogens with zero attached hydrogens (tertiary/aromatic N) is 1. The van der Waals surface area contributed by atoms with Gasteiger partial charge in [0.25, 0.3) is 5.91 Å². The molecule has 0 spiro atoms. The highest BCUT2D eigenvalue weighted by Crippen LogP contribution is 2.46. The predicted molar refractivity (Wildman–Crippen MR) is 150 cm³/mol. The monoisotopic (exact) mass is 574 g/mol. The van der Waals surface area contributed by atoms with E-state index in [-0.39, 0.29) is 48.6 Å². The summed E-state index contributed by atoms with van der Waals surface area (Å²) < 4.78 is 28.8. The predicted octanol–water partition coefficient (Wildman–Crippen LogP) is 2.55. The van der Waals surface area contributed by atoms with Crippen molar-refractivity contribution in [3.05, 3.63) is 35.9 Å². The third-order valence-corrected chi connectivity index (χ3v) is 8.36. The number of benzene rings is 1. The summed E-state index contributed by atoms with van der Waals surface area (Å²) in [5.74, 6) is 0.493. The summed E-state index contributed by atoms with van der Waals surface area (Å²) in [6.45, 7) is 9.74. The highest BCUT2D eigenvalue weighted by molar-refractivity contribution is 5.82. The molecule has 7 atom stereocenters. The first-order chi connectivity index (χ1) is 19.8. The maximum atomic E-state index is 13.5. The van der Waals surface area contributed by atoms with Crippen molar-refractivity contribution < 1.29 is 33.3 Å². The van der Waals surface area contributed by atoms with E-state index in [1.54, 1.807) is 0 Å². The molecule has 1 aromatic rings. The summed E-state index contributed by atoms with van der Waals surface area (Å²) in [5, 5.41) is 8.08. The van der Waals surface area contributed by atoms with Crippen LogP contribution in [0.2, 0.25) is 0 Å². The zero-order valence-corrected chi connectivity index (χ0v) is 24.5. The normalized spacial score (nSPS) is 29.5. The second-order valence-electron chi connectivity index (χ2n) is 12.7. The SMILES string of the molecule is CC(C)(C)C(NCOC1CCOC1)C(=O)NN(CCCNC(=O)OC1C2COC3OC1CC3C2)Cc1ccccc1. The van der Waals surface area contributed by atoms with Crippen LogP contribution in [0.3, 0.4) is 0 Å². The molecule has 1 aromatic carbocycles. The maximum absolute atomic E-state index is 13.5. The number of alkyl carbamates (subject to hydrolysis) is 1. The maximum Gasteiger partial charge on any atom is 0.407 e. The standard InChI is InChI=1S/C30H46N4O7/c1-30(2,3)26(32-19-39-23-10-13-37-18-23)27(35)33-34(16-20-8-5-4-6-9-20)12-7-11-31-29(36)41-25-22-14-21-15-24(25)40-28(21)38-17-22/h4-6,8-9,21-26,28,32H,7,10-19H2,1-3H3,(H,31,36)(H,33,35). The molecule has 228 valence electrons. The van der Waals surface area contributed by atoms with Crippen molar-refractivity contribution in [2.45, 2.75) is 83.6 Å². The summed E-state index contributed by atoms with van der Waals surface area (Å²) in [5.41, 5.74) is 3.86. The lowest BCUT2D eigenvalue weighted by Gasteiger charge is -2.36. The number of hydrogen-bond donors (Lipinski definition) is 3. The smallest absolute Gasteiger partial charge is 0.407 e. The van der Waals surface area contributed by atoms with Crippen molar-refractivity contribution in [1.82, 2.24) is 21.1 Å². The van der Waals surface area contributed by atoms with Crippen LogP contribution in [-0.2, 0) is 35.0 Å². The molecule has 7 unspecified atom stereocenters. The molecule has 4 fully saturated rings. The number of carbonyl (C=O) groups is 2. The fraction of sp³-hybridized carbons (Fsp3) is 0.733. The Morgan fingerprint density at radius 2 is 1.95 bits per heavy atom. The van der Waals surface area contributed by atoms with Gasteiger partial charge in [0.05, 0.1) is 38.2 Å². The van der Waals surface area contributed by atoms with Crippen LogP contribution in [0.1, 0.15) is 52.0 Å². The molecule has 0 radical (unpaired) electrons. The topological polar surface area (TPSA) is 120 Å². The van der Waals surface area contributed by atoms with Gasteiger partial charge in [-0.1, -0.05) is 51.1 Å². The van der Waals surface area contributed by atoms with Gasteiger partial charge >= 0.3 is 6.09 Å². The first-order valence-electron chi connectivity index (χ1n) is 15.0. The summed E-state index contributed by atoms with van der Waals surface area (Å²) in [4.78, 5) is 26.1. The van der Waals surface area contributed by atoms with Crippen LogP contribution in [0.15, 0.2) is 30.3 Å². The van der Waals surface area contributed by atoms with Crippen LogP contribution in [0.25, 0.3) is 0 Å². The molecule has 1 saturated carbocycles. The Morgan fingerprint density at radius 3 is 2.71 bits per heavy atom. The van der Waals surface area contributed by atoms with Gasteiger partial charge in [-0.15, -0.1) is 0 Å². The zero-order valence-electron chi connectivity index (χ0n) is 24.5. The number of rotatable bonds is 13. The summed E-state index contributed by atoms with van der Waals surface area (Å²) >= 11 is 0. The van der Waals surface area contributed by atoms with Gasteiger partial charge in [0.1, 0.15) is 6.10 Å². The highest BCUT2D eigenvalue weighted by atomic mass is 16.7. The molecular formula is C30H46N4O7. The van der Waals surface area contributed by atoms with Gasteiger partial charge in [-0.25, -0.2) is 9.80 Å². The average Bonchev–Trinajstić information content (AvgIpc) is 3.55. The van der Waals surface area contributed by atoms with E-state index in [2.05, 4.69) is 16.1 Å². The number of hydrogen-bond acceptors (Lipinski definition) is 9. The van der Waals surface area contributed by atoms with E-state index in [1.165, 1.54) is 0 Å². The van der Waals surface area contributed by atoms with Gasteiger partial charge in [-0.05, 0) is 36.7 Å². The Hall–Kier alpha value is -2.28. The van der Waals surface area contributed by atoms with Gasteiger partial charge < -0.3 is 29.0 Å². The van der Waals surface area contributed by atoms with Crippen molar-refractivity contribution in [3.63, 3.8) is 0 Å².